The van der Waals surface area contributed by atoms with E-state index in [0.29, 0.717) is 17.2 Å². The van der Waals surface area contributed by atoms with Crippen LogP contribution in [0.2, 0.25) is 0 Å². The minimum Gasteiger partial charge on any atom is -0.434 e. The number of amides is 1. The fourth-order valence-corrected chi connectivity index (χ4v) is 4.26. The van der Waals surface area contributed by atoms with Gasteiger partial charge in [0, 0.05) is 58.6 Å². The van der Waals surface area contributed by atoms with Gasteiger partial charge in [-0.3, -0.25) is 9.78 Å². The maximum absolute atomic E-state index is 15.0. The Kier molecular flexibility index (Phi) is 5.79. The third kappa shape index (κ3) is 4.80. The maximum Gasteiger partial charge on any atom is 0.237 e. The molecule has 1 amide bonds. The average molecular weight is 512 g/mol. The molecule has 3 heterocycles. The number of rotatable bonds is 10. The van der Waals surface area contributed by atoms with Crippen molar-refractivity contribution >= 4 is 28.7 Å². The van der Waals surface area contributed by atoms with Gasteiger partial charge < -0.3 is 20.7 Å². The number of carbonyl (C=O) groups excluding carboxylic acids is 1. The number of hydrogen-bond donors (Lipinski definition) is 3. The predicted octanol–water partition coefficient (Wildman–Crippen LogP) is 5.74. The summed E-state index contributed by atoms with van der Waals surface area (Å²) in [6.07, 6.45) is 8.63. The Morgan fingerprint density at radius 2 is 1.74 bits per heavy atom. The van der Waals surface area contributed by atoms with Gasteiger partial charge >= 0.3 is 0 Å². The molecule has 0 unspecified atom stereocenters. The summed E-state index contributed by atoms with van der Waals surface area (Å²) in [4.78, 5) is 20.4. The van der Waals surface area contributed by atoms with Gasteiger partial charge in [0.1, 0.15) is 0 Å². The summed E-state index contributed by atoms with van der Waals surface area (Å²) in [5.74, 6) is 0.119. The Morgan fingerprint density at radius 3 is 2.42 bits per heavy atom. The molecule has 3 aromatic heterocycles. The first kappa shape index (κ1) is 23.7. The minimum absolute atomic E-state index is 0.0280. The van der Waals surface area contributed by atoms with Crippen LogP contribution in [0.15, 0.2) is 85.6 Å². The lowest BCUT2D eigenvalue weighted by molar-refractivity contribution is -0.117. The Balaban J connectivity index is 1.11. The summed E-state index contributed by atoms with van der Waals surface area (Å²) in [7, 11) is 0. The largest absolute Gasteiger partial charge is 0.434 e. The number of halogens is 1. The van der Waals surface area contributed by atoms with Crippen LogP contribution in [0.3, 0.4) is 0 Å². The molecule has 2 fully saturated rings. The molecule has 0 saturated heterocycles. The van der Waals surface area contributed by atoms with E-state index in [-0.39, 0.29) is 28.9 Å². The second-order valence-corrected chi connectivity index (χ2v) is 9.64. The van der Waals surface area contributed by atoms with Crippen LogP contribution in [0.1, 0.15) is 25.7 Å². The van der Waals surface area contributed by atoms with Gasteiger partial charge in [-0.25, -0.2) is 13.9 Å². The van der Waals surface area contributed by atoms with E-state index in [4.69, 9.17) is 4.74 Å². The number of benzene rings is 1. The third-order valence-corrected chi connectivity index (χ3v) is 6.82. The van der Waals surface area contributed by atoms with E-state index in [0.717, 1.165) is 42.8 Å². The molecule has 6 rings (SSSR count). The molecule has 1 aromatic carbocycles. The number of imidazole rings is 1. The van der Waals surface area contributed by atoms with Crippen molar-refractivity contribution in [3.63, 3.8) is 0 Å². The number of nitrogens with zero attached hydrogens (tertiary/aromatic N) is 4. The van der Waals surface area contributed by atoms with Crippen LogP contribution in [-0.4, -0.2) is 25.5 Å². The van der Waals surface area contributed by atoms with E-state index in [1.54, 1.807) is 36.8 Å². The number of anilines is 3. The lowest BCUT2D eigenvalue weighted by Gasteiger charge is -2.24. The topological polar surface area (TPSA) is 105 Å². The van der Waals surface area contributed by atoms with Gasteiger partial charge in [-0.15, -0.1) is 5.10 Å². The van der Waals surface area contributed by atoms with Gasteiger partial charge in [0.2, 0.25) is 11.8 Å². The highest BCUT2D eigenvalue weighted by Crippen LogP contribution is 2.56. The van der Waals surface area contributed by atoms with Gasteiger partial charge in [-0.1, -0.05) is 13.2 Å². The quantitative estimate of drug-likeness (QED) is 0.249. The van der Waals surface area contributed by atoms with E-state index >= 15 is 0 Å². The molecule has 4 aromatic rings. The molecule has 0 aliphatic heterocycles. The van der Waals surface area contributed by atoms with Crippen LogP contribution >= 0.6 is 0 Å². The average Bonchev–Trinajstić information content (AvgIpc) is 3.82. The summed E-state index contributed by atoms with van der Waals surface area (Å²) in [5, 5.41) is 13.7. The van der Waals surface area contributed by atoms with Crippen molar-refractivity contribution in [2.24, 2.45) is 11.3 Å². The SMILES string of the molecule is C=C(Nc1ccncc1)C1(C(=C)Nc2ccc(Oc3ccc4nc(NC(=O)C5CC5)cn4n3)c(F)c2)CC1. The molecule has 0 bridgehead atoms. The van der Waals surface area contributed by atoms with Gasteiger partial charge in [0.15, 0.2) is 23.0 Å². The summed E-state index contributed by atoms with van der Waals surface area (Å²) >= 11 is 0. The second kappa shape index (κ2) is 9.29. The normalized spacial score (nSPS) is 15.5. The lowest BCUT2D eigenvalue weighted by Crippen LogP contribution is -2.19. The fraction of sp³-hybridized carbons (Fsp3) is 0.214. The zero-order valence-electron chi connectivity index (χ0n) is 20.6. The molecule has 0 atom stereocenters. The summed E-state index contributed by atoms with van der Waals surface area (Å²) in [6, 6.07) is 11.6. The van der Waals surface area contributed by atoms with Crippen LogP contribution in [0.4, 0.5) is 21.6 Å². The molecule has 38 heavy (non-hydrogen) atoms. The second-order valence-electron chi connectivity index (χ2n) is 9.64. The Labute approximate surface area is 218 Å². The molecule has 0 radical (unpaired) electrons. The number of fused-ring (bicyclic) bond motifs is 1. The van der Waals surface area contributed by atoms with Gasteiger partial charge in [-0.05, 0) is 56.0 Å². The first-order chi connectivity index (χ1) is 18.4. The molecule has 2 aliphatic carbocycles. The van der Waals surface area contributed by atoms with Crippen LogP contribution in [0.25, 0.3) is 5.65 Å². The van der Waals surface area contributed by atoms with Crippen molar-refractivity contribution in [3.05, 3.63) is 91.4 Å². The van der Waals surface area contributed by atoms with Crippen molar-refractivity contribution in [2.75, 3.05) is 16.0 Å². The Bertz CT molecular complexity index is 1560. The van der Waals surface area contributed by atoms with E-state index < -0.39 is 5.82 Å². The Hall–Kier alpha value is -4.73. The standard InChI is InChI=1S/C28H26FN7O2/c1-17(31-20-9-13-30-14-10-20)28(11-12-28)18(2)32-21-5-6-23(22(29)15-21)38-26-8-7-25-33-24(16-36(25)35-26)34-27(37)19-3-4-19/h5-10,13-16,19,32H,1-4,11-12H2,(H,30,31)(H,34,37). The van der Waals surface area contributed by atoms with Crippen LogP contribution in [0.5, 0.6) is 11.6 Å². The number of pyridine rings is 1. The van der Waals surface area contributed by atoms with Crippen molar-refractivity contribution in [2.45, 2.75) is 25.7 Å². The lowest BCUT2D eigenvalue weighted by atomic mass is 9.99. The molecule has 0 spiro atoms. The van der Waals surface area contributed by atoms with Crippen LogP contribution < -0.4 is 20.7 Å². The first-order valence-electron chi connectivity index (χ1n) is 12.4. The maximum atomic E-state index is 15.0. The molecule has 3 N–H and O–H groups in total. The van der Waals surface area contributed by atoms with Crippen molar-refractivity contribution < 1.29 is 13.9 Å². The van der Waals surface area contributed by atoms with E-state index in [1.807, 2.05) is 12.1 Å². The number of nitrogens with one attached hydrogen (secondary N) is 3. The number of aromatic nitrogens is 4. The van der Waals surface area contributed by atoms with Crippen molar-refractivity contribution in [1.29, 1.82) is 0 Å². The molecule has 192 valence electrons. The monoisotopic (exact) mass is 511 g/mol. The van der Waals surface area contributed by atoms with E-state index in [9.17, 15) is 9.18 Å². The van der Waals surface area contributed by atoms with Crippen LogP contribution in [-0.2, 0) is 4.79 Å². The Morgan fingerprint density at radius 1 is 1.00 bits per heavy atom. The summed E-state index contributed by atoms with van der Waals surface area (Å²) in [5.41, 5.74) is 3.26. The molecule has 9 nitrogen and oxygen atoms in total. The van der Waals surface area contributed by atoms with E-state index in [1.165, 1.54) is 16.6 Å². The van der Waals surface area contributed by atoms with Crippen molar-refractivity contribution in [3.8, 4) is 11.6 Å². The molecular formula is C28H26FN7O2. The highest BCUT2D eigenvalue weighted by atomic mass is 19.1. The zero-order chi connectivity index (χ0) is 26.3. The highest BCUT2D eigenvalue weighted by molar-refractivity contribution is 5.93. The third-order valence-electron chi connectivity index (χ3n) is 6.82. The van der Waals surface area contributed by atoms with Gasteiger partial charge in [0.05, 0.1) is 6.20 Å². The predicted molar refractivity (Wildman–Crippen MR) is 142 cm³/mol. The molecule has 10 heteroatoms. The smallest absolute Gasteiger partial charge is 0.237 e. The van der Waals surface area contributed by atoms with Crippen molar-refractivity contribution in [1.82, 2.24) is 19.6 Å². The number of ether oxygens (including phenoxy) is 1. The van der Waals surface area contributed by atoms with Gasteiger partial charge in [-0.2, -0.15) is 0 Å². The molecule has 2 saturated carbocycles. The fourth-order valence-electron chi connectivity index (χ4n) is 4.26. The number of hydrogen-bond acceptors (Lipinski definition) is 7. The molecular weight excluding hydrogens is 485 g/mol. The number of carbonyl (C=O) groups is 1. The summed E-state index contributed by atoms with van der Waals surface area (Å²) < 4.78 is 22.1. The highest BCUT2D eigenvalue weighted by Gasteiger charge is 2.48. The van der Waals surface area contributed by atoms with Gasteiger partial charge in [0.25, 0.3) is 0 Å². The first-order valence-corrected chi connectivity index (χ1v) is 12.4. The van der Waals surface area contributed by atoms with Crippen LogP contribution in [0, 0.1) is 17.2 Å². The molecule has 2 aliphatic rings. The summed E-state index contributed by atoms with van der Waals surface area (Å²) in [6.45, 7) is 8.42. The zero-order valence-corrected chi connectivity index (χ0v) is 20.6. The minimum atomic E-state index is -0.550. The van der Waals surface area contributed by atoms with E-state index in [2.05, 4.69) is 44.2 Å².